The number of hydrogen-bond acceptors (Lipinski definition) is 6. The van der Waals surface area contributed by atoms with E-state index in [4.69, 9.17) is 14.2 Å². The molecule has 0 aliphatic rings. The van der Waals surface area contributed by atoms with E-state index in [1.54, 1.807) is 0 Å². The molecule has 0 aromatic carbocycles. The zero-order valence-corrected chi connectivity index (χ0v) is 49.6. The Labute approximate surface area is 465 Å². The van der Waals surface area contributed by atoms with E-state index < -0.39 is 6.10 Å². The van der Waals surface area contributed by atoms with E-state index in [2.05, 4.69) is 99.8 Å². The number of hydrogen-bond donors (Lipinski definition) is 0. The largest absolute Gasteiger partial charge is 0.462 e. The van der Waals surface area contributed by atoms with Crippen LogP contribution in [0.15, 0.2) is 85.1 Å². The molecule has 0 saturated heterocycles. The molecule has 0 aliphatic carbocycles. The Morgan fingerprint density at radius 2 is 0.547 bits per heavy atom. The third kappa shape index (κ3) is 61.3. The lowest BCUT2D eigenvalue weighted by Crippen LogP contribution is -2.30. The lowest BCUT2D eigenvalue weighted by Gasteiger charge is -2.18. The fraction of sp³-hybridized carbons (Fsp3) is 0.754. The van der Waals surface area contributed by atoms with E-state index in [0.717, 1.165) is 77.0 Å². The van der Waals surface area contributed by atoms with E-state index in [-0.39, 0.29) is 37.5 Å². The topological polar surface area (TPSA) is 78.9 Å². The average Bonchev–Trinajstić information content (AvgIpc) is 3.41. The molecule has 0 bridgehead atoms. The molecular weight excluding hydrogens is 925 g/mol. The molecule has 6 heteroatoms. The van der Waals surface area contributed by atoms with Crippen LogP contribution in [0.4, 0.5) is 0 Å². The first-order valence-electron chi connectivity index (χ1n) is 32.1. The molecule has 0 amide bonds. The first kappa shape index (κ1) is 71.6. The highest BCUT2D eigenvalue weighted by Gasteiger charge is 2.19. The van der Waals surface area contributed by atoms with Crippen LogP contribution >= 0.6 is 0 Å². The van der Waals surface area contributed by atoms with Crippen molar-refractivity contribution < 1.29 is 28.6 Å². The van der Waals surface area contributed by atoms with E-state index in [0.29, 0.717) is 19.3 Å². The first-order chi connectivity index (χ1) is 37.0. The van der Waals surface area contributed by atoms with Gasteiger partial charge in [0.25, 0.3) is 0 Å². The van der Waals surface area contributed by atoms with Gasteiger partial charge in [0.2, 0.25) is 0 Å². The Hall–Kier alpha value is -3.41. The summed E-state index contributed by atoms with van der Waals surface area (Å²) in [7, 11) is 0. The highest BCUT2D eigenvalue weighted by Crippen LogP contribution is 2.17. The Bertz CT molecular complexity index is 1430. The molecule has 0 spiro atoms. The van der Waals surface area contributed by atoms with Crippen LogP contribution in [0.2, 0.25) is 0 Å². The smallest absolute Gasteiger partial charge is 0.306 e. The normalized spacial score (nSPS) is 12.6. The molecule has 6 nitrogen and oxygen atoms in total. The van der Waals surface area contributed by atoms with Crippen molar-refractivity contribution in [2.24, 2.45) is 0 Å². The molecule has 0 N–H and O–H groups in total. The van der Waals surface area contributed by atoms with E-state index in [1.807, 2.05) is 6.08 Å². The van der Waals surface area contributed by atoms with Gasteiger partial charge in [-0.2, -0.15) is 0 Å². The van der Waals surface area contributed by atoms with Gasteiger partial charge in [0.05, 0.1) is 0 Å². The van der Waals surface area contributed by atoms with Crippen molar-refractivity contribution in [2.45, 2.75) is 322 Å². The van der Waals surface area contributed by atoms with Gasteiger partial charge in [-0.25, -0.2) is 0 Å². The average molecular weight is 1050 g/mol. The van der Waals surface area contributed by atoms with Crippen molar-refractivity contribution in [1.29, 1.82) is 0 Å². The third-order valence-corrected chi connectivity index (χ3v) is 13.9. The molecule has 1 atom stereocenters. The molecule has 0 rings (SSSR count). The van der Waals surface area contributed by atoms with Crippen molar-refractivity contribution in [3.8, 4) is 0 Å². The fourth-order valence-corrected chi connectivity index (χ4v) is 9.11. The molecular formula is C69H120O6. The van der Waals surface area contributed by atoms with Gasteiger partial charge < -0.3 is 14.2 Å². The predicted octanol–water partition coefficient (Wildman–Crippen LogP) is 21.9. The second kappa shape index (κ2) is 63.1. The van der Waals surface area contributed by atoms with Gasteiger partial charge in [0.1, 0.15) is 13.2 Å². The minimum atomic E-state index is -0.809. The van der Waals surface area contributed by atoms with Gasteiger partial charge in [-0.1, -0.05) is 298 Å². The van der Waals surface area contributed by atoms with Crippen LogP contribution in [-0.4, -0.2) is 37.2 Å². The van der Waals surface area contributed by atoms with Gasteiger partial charge in [-0.3, -0.25) is 14.4 Å². The number of allylic oxidation sites excluding steroid dienone is 14. The summed E-state index contributed by atoms with van der Waals surface area (Å²) in [5, 5.41) is 0. The van der Waals surface area contributed by atoms with Crippen LogP contribution in [0.1, 0.15) is 316 Å². The van der Waals surface area contributed by atoms with Gasteiger partial charge in [-0.05, 0) is 83.5 Å². The Morgan fingerprint density at radius 3 is 0.893 bits per heavy atom. The highest BCUT2D eigenvalue weighted by atomic mass is 16.6. The zero-order chi connectivity index (χ0) is 54.3. The summed E-state index contributed by atoms with van der Waals surface area (Å²) in [6.45, 7) is 6.50. The Kier molecular flexibility index (Phi) is 60.3. The number of esters is 3. The van der Waals surface area contributed by atoms with Crippen LogP contribution < -0.4 is 0 Å². The molecule has 0 aliphatic heterocycles. The van der Waals surface area contributed by atoms with Crippen molar-refractivity contribution in [1.82, 2.24) is 0 Å². The molecule has 1 unspecified atom stereocenters. The lowest BCUT2D eigenvalue weighted by molar-refractivity contribution is -0.166. The van der Waals surface area contributed by atoms with E-state index in [1.165, 1.54) is 193 Å². The summed E-state index contributed by atoms with van der Waals surface area (Å²) in [4.78, 5) is 38.3. The van der Waals surface area contributed by atoms with Crippen molar-refractivity contribution in [2.75, 3.05) is 13.2 Å². The van der Waals surface area contributed by atoms with E-state index >= 15 is 0 Å². The van der Waals surface area contributed by atoms with Crippen LogP contribution in [0, 0.1) is 0 Å². The van der Waals surface area contributed by atoms with Crippen LogP contribution in [0.5, 0.6) is 0 Å². The number of carbonyl (C=O) groups is 3. The van der Waals surface area contributed by atoms with Crippen LogP contribution in [0.25, 0.3) is 0 Å². The fourth-order valence-electron chi connectivity index (χ4n) is 9.11. The molecule has 0 heterocycles. The maximum atomic E-state index is 12.9. The molecule has 0 fully saturated rings. The van der Waals surface area contributed by atoms with Gasteiger partial charge in [-0.15, -0.1) is 0 Å². The number of ether oxygens (including phenoxy) is 3. The highest BCUT2D eigenvalue weighted by molar-refractivity contribution is 5.71. The second-order valence-corrected chi connectivity index (χ2v) is 21.3. The number of carbonyl (C=O) groups excluding carboxylic acids is 3. The standard InChI is InChI=1S/C69H120O6/c1-4-7-10-13-16-19-22-25-28-31-34-37-40-43-46-49-52-55-58-61-67(70)73-64-66(75-69(72)63-60-57-54-51-48-45-42-39-36-33-30-27-24-21-18-15-12-9-6-3)65-74-68(71)62-59-56-53-50-47-44-41-38-35-32-29-26-23-20-17-14-11-8-5-2/h7,10,16,19,25,28,33-34,36-37,43,46,52,55,66H,4-6,8-9,11-15,17-18,20-24,26-27,29-32,35,38-42,44-45,47-51,53-54,56-65H2,1-3H3/b10-7-,19-16-,28-25-,36-33-,37-34-,46-43-,55-52-. The first-order valence-corrected chi connectivity index (χ1v) is 32.1. The summed E-state index contributed by atoms with van der Waals surface area (Å²) in [5.74, 6) is -0.977. The van der Waals surface area contributed by atoms with Crippen LogP contribution in [0.3, 0.4) is 0 Å². The molecule has 0 saturated carbocycles. The second-order valence-electron chi connectivity index (χ2n) is 21.3. The van der Waals surface area contributed by atoms with Crippen molar-refractivity contribution in [3.63, 3.8) is 0 Å². The van der Waals surface area contributed by atoms with Gasteiger partial charge >= 0.3 is 17.9 Å². The zero-order valence-electron chi connectivity index (χ0n) is 49.6. The minimum Gasteiger partial charge on any atom is -0.462 e. The summed E-state index contributed by atoms with van der Waals surface area (Å²) in [6.07, 6.45) is 83.1. The monoisotopic (exact) mass is 1040 g/mol. The minimum absolute atomic E-state index is 0.0987. The maximum Gasteiger partial charge on any atom is 0.306 e. The lowest BCUT2D eigenvalue weighted by atomic mass is 10.0. The number of unbranched alkanes of at least 4 members (excludes halogenated alkanes) is 33. The van der Waals surface area contributed by atoms with Crippen molar-refractivity contribution >= 4 is 17.9 Å². The summed E-state index contributed by atoms with van der Waals surface area (Å²) in [5.41, 5.74) is 0. The van der Waals surface area contributed by atoms with Gasteiger partial charge in [0.15, 0.2) is 6.10 Å². The number of rotatable bonds is 58. The molecule has 0 aromatic heterocycles. The maximum absolute atomic E-state index is 12.9. The summed E-state index contributed by atoms with van der Waals surface area (Å²) >= 11 is 0. The summed E-state index contributed by atoms with van der Waals surface area (Å²) < 4.78 is 16.9. The predicted molar refractivity (Wildman–Crippen MR) is 325 cm³/mol. The van der Waals surface area contributed by atoms with E-state index in [9.17, 15) is 14.4 Å². The quantitative estimate of drug-likeness (QED) is 0.0261. The van der Waals surface area contributed by atoms with Crippen molar-refractivity contribution in [3.05, 3.63) is 85.1 Å². The Morgan fingerprint density at radius 1 is 0.280 bits per heavy atom. The SMILES string of the molecule is CC/C=C\C/C=C\C/C=C\C/C=C\C/C=C\C/C=C\CCC(=O)OCC(COC(=O)CCCCCCCCCCCCCCCCCCCCC)OC(=O)CCCCCCCCC/C=C\CCCCCCCCCC. The Balaban J connectivity index is 4.46. The summed E-state index contributed by atoms with van der Waals surface area (Å²) in [6, 6.07) is 0. The third-order valence-electron chi connectivity index (χ3n) is 13.9. The molecule has 432 valence electrons. The molecule has 75 heavy (non-hydrogen) atoms. The van der Waals surface area contributed by atoms with Gasteiger partial charge in [0, 0.05) is 19.3 Å². The molecule has 0 radical (unpaired) electrons. The van der Waals surface area contributed by atoms with Crippen LogP contribution in [-0.2, 0) is 28.6 Å². The molecule has 0 aromatic rings.